The van der Waals surface area contributed by atoms with Crippen molar-refractivity contribution in [2.45, 2.75) is 56.6 Å². The van der Waals surface area contributed by atoms with Crippen molar-refractivity contribution in [3.8, 4) is 12.3 Å². The fourth-order valence-electron chi connectivity index (χ4n) is 2.22. The second-order valence-corrected chi connectivity index (χ2v) is 8.91. The van der Waals surface area contributed by atoms with Crippen LogP contribution in [0.2, 0.25) is 4.82 Å². The van der Waals surface area contributed by atoms with Gasteiger partial charge in [0.1, 0.15) is 0 Å². The van der Waals surface area contributed by atoms with Crippen LogP contribution in [0.25, 0.3) is 0 Å². The van der Waals surface area contributed by atoms with Crippen LogP contribution in [0.5, 0.6) is 0 Å². The van der Waals surface area contributed by atoms with Crippen LogP contribution in [0.3, 0.4) is 0 Å². The van der Waals surface area contributed by atoms with Crippen molar-refractivity contribution in [1.29, 1.82) is 0 Å². The number of esters is 1. The first kappa shape index (κ1) is 19.8. The van der Waals surface area contributed by atoms with Crippen molar-refractivity contribution in [2.75, 3.05) is 7.11 Å². The quantitative estimate of drug-likeness (QED) is 0.395. The van der Waals surface area contributed by atoms with E-state index < -0.39 is 5.60 Å². The molecule has 0 bridgehead atoms. The van der Waals surface area contributed by atoms with Gasteiger partial charge in [-0.1, -0.05) is 0 Å². The summed E-state index contributed by atoms with van der Waals surface area (Å²) in [5.41, 5.74) is -1.12. The molecule has 0 aliphatic rings. The third-order valence-electron chi connectivity index (χ3n) is 3.88. The molecule has 23 heavy (non-hydrogen) atoms. The normalized spacial score (nSPS) is 15.3. The zero-order chi connectivity index (χ0) is 17.5. The Morgan fingerprint density at radius 3 is 2.39 bits per heavy atom. The van der Waals surface area contributed by atoms with E-state index in [1.807, 2.05) is 6.07 Å². The Kier molecular flexibility index (Phi) is 7.35. The zero-order valence-corrected chi connectivity index (χ0v) is 16.3. The molecule has 0 radical (unpaired) electrons. The Morgan fingerprint density at radius 2 is 1.91 bits per heavy atom. The van der Waals surface area contributed by atoms with E-state index in [4.69, 9.17) is 15.9 Å². The number of hydrogen-bond acceptors (Lipinski definition) is 3. The molecule has 0 aliphatic heterocycles. The fraction of sp³-hybridized carbons (Fsp3) is 0.526. The van der Waals surface area contributed by atoms with Crippen molar-refractivity contribution in [3.63, 3.8) is 0 Å². The summed E-state index contributed by atoms with van der Waals surface area (Å²) < 4.78 is 12.4. The molecule has 0 fully saturated rings. The zero-order valence-electron chi connectivity index (χ0n) is 14.6. The Morgan fingerprint density at radius 1 is 1.30 bits per heavy atom. The first-order valence-corrected chi connectivity index (χ1v) is 9.51. The van der Waals surface area contributed by atoms with Gasteiger partial charge in [-0.25, -0.2) is 0 Å². The van der Waals surface area contributed by atoms with Crippen LogP contribution < -0.4 is 4.46 Å². The summed E-state index contributed by atoms with van der Waals surface area (Å²) in [5, 5.41) is 0. The van der Waals surface area contributed by atoms with Crippen LogP contribution in [0, 0.1) is 12.3 Å². The molecule has 126 valence electrons. The molecule has 0 aromatic heterocycles. The van der Waals surface area contributed by atoms with E-state index in [1.54, 1.807) is 14.0 Å². The first-order chi connectivity index (χ1) is 10.7. The number of benzene rings is 1. The topological polar surface area (TPSA) is 35.5 Å². The maximum absolute atomic E-state index is 11.3. The van der Waals surface area contributed by atoms with Crippen LogP contribution in [0.4, 0.5) is 0 Å². The molecule has 0 aliphatic carbocycles. The average molecular weight is 381 g/mol. The predicted molar refractivity (Wildman–Crippen MR) is 94.9 cm³/mol. The molecular weight excluding hydrogens is 355 g/mol. The van der Waals surface area contributed by atoms with Crippen LogP contribution in [-0.2, 0) is 14.3 Å². The molecule has 0 saturated carbocycles. The Hall–Kier alpha value is -1.27. The third kappa shape index (κ3) is 6.39. The number of carbonyl (C=O) groups is 1. The van der Waals surface area contributed by atoms with Gasteiger partial charge in [-0.05, 0) is 0 Å². The van der Waals surface area contributed by atoms with Crippen molar-refractivity contribution >= 4 is 25.4 Å². The van der Waals surface area contributed by atoms with Crippen molar-refractivity contribution in [2.24, 2.45) is 0 Å². The number of carbonyl (C=O) groups excluding carboxylic acids is 1. The molecule has 0 amide bonds. The fourth-order valence-corrected chi connectivity index (χ4v) is 4.86. The van der Waals surface area contributed by atoms with Gasteiger partial charge < -0.3 is 0 Å². The van der Waals surface area contributed by atoms with Gasteiger partial charge in [0, 0.05) is 0 Å². The summed E-state index contributed by atoms with van der Waals surface area (Å²) in [7, 11) is 1.74. The summed E-state index contributed by atoms with van der Waals surface area (Å²) in [6, 6.07) is 10.4. The van der Waals surface area contributed by atoms with Crippen LogP contribution in [0.1, 0.15) is 40.5 Å². The molecule has 0 N–H and O–H groups in total. The third-order valence-corrected chi connectivity index (χ3v) is 7.31. The number of methoxy groups -OCH3 is 1. The molecule has 0 spiro atoms. The van der Waals surface area contributed by atoms with Gasteiger partial charge >= 0.3 is 146 Å². The van der Waals surface area contributed by atoms with Gasteiger partial charge in [0.2, 0.25) is 0 Å². The standard InChI is InChI=1S/C19H26O3Se/c1-7-19(5,22-15(2)20)14-13-17(18(3,4)21-6)23-16-11-9-8-10-12-16/h1,8-12,17H,13-14H2,2-6H3. The minimum absolute atomic E-state index is 0.243. The van der Waals surface area contributed by atoms with E-state index in [0.29, 0.717) is 11.2 Å². The van der Waals surface area contributed by atoms with Gasteiger partial charge in [-0.3, -0.25) is 0 Å². The SMILES string of the molecule is C#CC(C)(CCC([Se]c1ccccc1)C(C)(C)OC)OC(C)=O. The molecule has 2 atom stereocenters. The van der Waals surface area contributed by atoms with E-state index in [0.717, 1.165) is 6.42 Å². The van der Waals surface area contributed by atoms with Gasteiger partial charge in [-0.2, -0.15) is 0 Å². The minimum atomic E-state index is -0.860. The number of hydrogen-bond donors (Lipinski definition) is 0. The van der Waals surface area contributed by atoms with E-state index in [2.05, 4.69) is 44.0 Å². The van der Waals surface area contributed by atoms with E-state index >= 15 is 0 Å². The van der Waals surface area contributed by atoms with E-state index in [-0.39, 0.29) is 26.5 Å². The Bertz CT molecular complexity index is 547. The summed E-state index contributed by atoms with van der Waals surface area (Å²) in [6.07, 6.45) is 7.04. The monoisotopic (exact) mass is 382 g/mol. The van der Waals surface area contributed by atoms with Gasteiger partial charge in [0.05, 0.1) is 0 Å². The predicted octanol–water partition coefficient (Wildman–Crippen LogP) is 2.96. The second kappa shape index (κ2) is 8.54. The van der Waals surface area contributed by atoms with Gasteiger partial charge in [0.15, 0.2) is 0 Å². The van der Waals surface area contributed by atoms with Crippen LogP contribution >= 0.6 is 0 Å². The maximum atomic E-state index is 11.3. The van der Waals surface area contributed by atoms with Crippen molar-refractivity contribution < 1.29 is 14.3 Å². The summed E-state index contributed by atoms with van der Waals surface area (Å²) in [4.78, 5) is 11.6. The summed E-state index contributed by atoms with van der Waals surface area (Å²) in [5.74, 6) is 2.28. The summed E-state index contributed by atoms with van der Waals surface area (Å²) >= 11 is 0.243. The van der Waals surface area contributed by atoms with Crippen molar-refractivity contribution in [3.05, 3.63) is 30.3 Å². The van der Waals surface area contributed by atoms with E-state index in [9.17, 15) is 4.79 Å². The van der Waals surface area contributed by atoms with Crippen LogP contribution in [0.15, 0.2) is 30.3 Å². The second-order valence-electron chi connectivity index (χ2n) is 6.23. The van der Waals surface area contributed by atoms with Gasteiger partial charge in [0.25, 0.3) is 0 Å². The average Bonchev–Trinajstić information content (AvgIpc) is 2.51. The molecule has 0 saturated heterocycles. The molecule has 0 heterocycles. The first-order valence-electron chi connectivity index (χ1n) is 7.66. The molecule has 4 heteroatoms. The molecular formula is C19H26O3Se. The number of terminal acetylenes is 1. The van der Waals surface area contributed by atoms with Gasteiger partial charge in [-0.15, -0.1) is 0 Å². The van der Waals surface area contributed by atoms with Crippen molar-refractivity contribution in [1.82, 2.24) is 0 Å². The number of ether oxygens (including phenoxy) is 2. The number of rotatable bonds is 8. The molecule has 1 rings (SSSR count). The Labute approximate surface area is 146 Å². The van der Waals surface area contributed by atoms with Crippen LogP contribution in [-0.4, -0.2) is 39.2 Å². The molecule has 3 nitrogen and oxygen atoms in total. The molecule has 2 unspecified atom stereocenters. The molecule has 1 aromatic carbocycles. The Balaban J connectivity index is 2.86. The molecule has 1 aromatic rings. The summed E-state index contributed by atoms with van der Waals surface area (Å²) in [6.45, 7) is 7.38. The van der Waals surface area contributed by atoms with E-state index in [1.165, 1.54) is 11.4 Å².